The molecule has 0 aromatic carbocycles. The molecule has 0 saturated heterocycles. The molecule has 18 heavy (non-hydrogen) atoms. The van der Waals surface area contributed by atoms with Crippen LogP contribution < -0.4 is 21.9 Å². The molecule has 1 unspecified atom stereocenters. The largest absolute Gasteiger partial charge is 0.373 e. The highest BCUT2D eigenvalue weighted by Crippen LogP contribution is 2.06. The molecule has 0 aliphatic rings. The third-order valence-corrected chi connectivity index (χ3v) is 2.59. The molecule has 0 aliphatic carbocycles. The van der Waals surface area contributed by atoms with Crippen LogP contribution in [0.25, 0.3) is 0 Å². The van der Waals surface area contributed by atoms with Gasteiger partial charge in [0.15, 0.2) is 0 Å². The summed E-state index contributed by atoms with van der Waals surface area (Å²) < 4.78 is 1.14. The maximum atomic E-state index is 11.8. The van der Waals surface area contributed by atoms with Gasteiger partial charge in [-0.25, -0.2) is 4.68 Å². The van der Waals surface area contributed by atoms with Crippen LogP contribution in [0.2, 0.25) is 0 Å². The summed E-state index contributed by atoms with van der Waals surface area (Å²) >= 11 is 0. The molecule has 7 nitrogen and oxygen atoms in total. The molecular formula is C11H19N5O2. The minimum absolute atomic E-state index is 0.00800. The highest BCUT2D eigenvalue weighted by Gasteiger charge is 2.12. The van der Waals surface area contributed by atoms with E-state index in [2.05, 4.69) is 12.0 Å². The average molecular weight is 253 g/mol. The Kier molecular flexibility index (Phi) is 4.85. The lowest BCUT2D eigenvalue weighted by molar-refractivity contribution is -0.119. The summed E-state index contributed by atoms with van der Waals surface area (Å²) in [5, 5.41) is 3.98. The van der Waals surface area contributed by atoms with Crippen molar-refractivity contribution >= 4 is 11.6 Å². The van der Waals surface area contributed by atoms with Gasteiger partial charge < -0.3 is 16.4 Å². The Balaban J connectivity index is 2.86. The van der Waals surface area contributed by atoms with E-state index in [1.807, 2.05) is 11.9 Å². The monoisotopic (exact) mass is 253 g/mol. The summed E-state index contributed by atoms with van der Waals surface area (Å²) in [7, 11) is 1.89. The number of hydrogen-bond donors (Lipinski definition) is 2. The Morgan fingerprint density at radius 1 is 1.61 bits per heavy atom. The quantitative estimate of drug-likeness (QED) is 0.669. The fourth-order valence-electron chi connectivity index (χ4n) is 1.51. The van der Waals surface area contributed by atoms with E-state index in [4.69, 9.17) is 11.5 Å². The average Bonchev–Trinajstić information content (AvgIpc) is 2.31. The van der Waals surface area contributed by atoms with Crippen molar-refractivity contribution in [3.05, 3.63) is 22.6 Å². The van der Waals surface area contributed by atoms with E-state index in [1.165, 1.54) is 6.07 Å². The van der Waals surface area contributed by atoms with Gasteiger partial charge in [0.1, 0.15) is 6.04 Å². The molecule has 1 rings (SSSR count). The zero-order valence-corrected chi connectivity index (χ0v) is 10.7. The van der Waals surface area contributed by atoms with Gasteiger partial charge in [-0.05, 0) is 6.42 Å². The fourth-order valence-corrected chi connectivity index (χ4v) is 1.51. The molecule has 1 amide bonds. The zero-order valence-electron chi connectivity index (χ0n) is 10.7. The van der Waals surface area contributed by atoms with Crippen molar-refractivity contribution in [2.45, 2.75) is 25.9 Å². The number of aromatic nitrogens is 2. The molecule has 1 aromatic heterocycles. The molecule has 7 heteroatoms. The number of carbonyl (C=O) groups excluding carboxylic acids is 1. The topological polar surface area (TPSA) is 107 Å². The van der Waals surface area contributed by atoms with E-state index in [1.54, 1.807) is 6.20 Å². The minimum atomic E-state index is -0.908. The van der Waals surface area contributed by atoms with Gasteiger partial charge in [-0.2, -0.15) is 5.10 Å². The summed E-state index contributed by atoms with van der Waals surface area (Å²) in [6.07, 6.45) is 2.55. The summed E-state index contributed by atoms with van der Waals surface area (Å²) in [5.41, 5.74) is 11.0. The first-order chi connectivity index (χ1) is 8.45. The second-order valence-corrected chi connectivity index (χ2v) is 4.16. The van der Waals surface area contributed by atoms with E-state index < -0.39 is 11.9 Å². The van der Waals surface area contributed by atoms with Crippen molar-refractivity contribution in [3.8, 4) is 0 Å². The molecule has 100 valence electrons. The van der Waals surface area contributed by atoms with Gasteiger partial charge in [0.2, 0.25) is 5.91 Å². The second-order valence-electron chi connectivity index (χ2n) is 4.16. The first-order valence-electron chi connectivity index (χ1n) is 5.79. The summed E-state index contributed by atoms with van der Waals surface area (Å²) in [6.45, 7) is 2.88. The number of hydrogen-bond acceptors (Lipinski definition) is 5. The van der Waals surface area contributed by atoms with Crippen molar-refractivity contribution in [1.82, 2.24) is 9.78 Å². The summed E-state index contributed by atoms with van der Waals surface area (Å²) in [4.78, 5) is 24.5. The highest BCUT2D eigenvalue weighted by atomic mass is 16.1. The van der Waals surface area contributed by atoms with Gasteiger partial charge in [0, 0.05) is 19.7 Å². The van der Waals surface area contributed by atoms with Crippen LogP contribution in [-0.4, -0.2) is 35.3 Å². The smallest absolute Gasteiger partial charge is 0.268 e. The second kappa shape index (κ2) is 6.15. The summed E-state index contributed by atoms with van der Waals surface area (Å²) in [5.74, 6) is -0.657. The molecule has 0 fully saturated rings. The van der Waals surface area contributed by atoms with Crippen molar-refractivity contribution in [3.63, 3.8) is 0 Å². The lowest BCUT2D eigenvalue weighted by Gasteiger charge is -2.18. The predicted octanol–water partition coefficient (Wildman–Crippen LogP) is -1.10. The number of rotatable bonds is 6. The van der Waals surface area contributed by atoms with E-state index in [-0.39, 0.29) is 12.1 Å². The van der Waals surface area contributed by atoms with Crippen molar-refractivity contribution < 1.29 is 4.79 Å². The van der Waals surface area contributed by atoms with E-state index in [0.29, 0.717) is 0 Å². The standard InChI is InChI=1S/C11H19N5O2/c1-3-4-15(2)8-5-10(17)16(14-6-8)7-9(12)11(13)18/h5-6,9H,3-4,7,12H2,1-2H3,(H2,13,18). The van der Waals surface area contributed by atoms with E-state index >= 15 is 0 Å². The number of primary amides is 1. The van der Waals surface area contributed by atoms with Crippen LogP contribution in [-0.2, 0) is 11.3 Å². The molecule has 0 saturated carbocycles. The third-order valence-electron chi connectivity index (χ3n) is 2.59. The minimum Gasteiger partial charge on any atom is -0.373 e. The van der Waals surface area contributed by atoms with Crippen LogP contribution in [0.5, 0.6) is 0 Å². The van der Waals surface area contributed by atoms with Crippen LogP contribution in [0, 0.1) is 0 Å². The highest BCUT2D eigenvalue weighted by molar-refractivity contribution is 5.79. The van der Waals surface area contributed by atoms with Crippen molar-refractivity contribution in [2.24, 2.45) is 11.5 Å². The predicted molar refractivity (Wildman–Crippen MR) is 69.2 cm³/mol. The molecule has 0 bridgehead atoms. The molecule has 1 atom stereocenters. The van der Waals surface area contributed by atoms with Crippen molar-refractivity contribution in [2.75, 3.05) is 18.5 Å². The molecule has 0 radical (unpaired) electrons. The Morgan fingerprint density at radius 3 is 2.78 bits per heavy atom. The molecule has 1 heterocycles. The maximum absolute atomic E-state index is 11.8. The lowest BCUT2D eigenvalue weighted by Crippen LogP contribution is -2.42. The Bertz CT molecular complexity index is 471. The lowest BCUT2D eigenvalue weighted by atomic mass is 10.3. The van der Waals surface area contributed by atoms with Gasteiger partial charge in [-0.1, -0.05) is 6.92 Å². The molecule has 0 aliphatic heterocycles. The van der Waals surface area contributed by atoms with Crippen LogP contribution in [0.1, 0.15) is 13.3 Å². The van der Waals surface area contributed by atoms with Crippen LogP contribution >= 0.6 is 0 Å². The van der Waals surface area contributed by atoms with E-state index in [0.717, 1.165) is 23.3 Å². The van der Waals surface area contributed by atoms with Gasteiger partial charge in [0.05, 0.1) is 18.4 Å². The first kappa shape index (κ1) is 14.2. The number of nitrogens with two attached hydrogens (primary N) is 2. The molecule has 1 aromatic rings. The Labute approximate surface area is 105 Å². The number of nitrogens with zero attached hydrogens (tertiary/aromatic N) is 3. The third kappa shape index (κ3) is 3.56. The van der Waals surface area contributed by atoms with Gasteiger partial charge in [-0.3, -0.25) is 9.59 Å². The van der Waals surface area contributed by atoms with Gasteiger partial charge in [0.25, 0.3) is 5.56 Å². The summed E-state index contributed by atoms with van der Waals surface area (Å²) in [6, 6.07) is 0.561. The molecular weight excluding hydrogens is 234 g/mol. The molecule has 4 N–H and O–H groups in total. The van der Waals surface area contributed by atoms with Gasteiger partial charge >= 0.3 is 0 Å². The number of anilines is 1. The van der Waals surface area contributed by atoms with Crippen LogP contribution in [0.4, 0.5) is 5.69 Å². The first-order valence-corrected chi connectivity index (χ1v) is 5.79. The number of carbonyl (C=O) groups is 1. The van der Waals surface area contributed by atoms with Crippen molar-refractivity contribution in [1.29, 1.82) is 0 Å². The zero-order chi connectivity index (χ0) is 13.7. The Hall–Kier alpha value is -1.89. The normalized spacial score (nSPS) is 12.2. The SMILES string of the molecule is CCCN(C)c1cnn(CC(N)C(N)=O)c(=O)c1. The van der Waals surface area contributed by atoms with Gasteiger partial charge in [-0.15, -0.1) is 0 Å². The Morgan fingerprint density at radius 2 is 2.28 bits per heavy atom. The van der Waals surface area contributed by atoms with E-state index in [9.17, 15) is 9.59 Å². The number of amides is 1. The fraction of sp³-hybridized carbons (Fsp3) is 0.545. The maximum Gasteiger partial charge on any atom is 0.268 e. The van der Waals surface area contributed by atoms with Crippen LogP contribution in [0.15, 0.2) is 17.1 Å². The van der Waals surface area contributed by atoms with Crippen LogP contribution in [0.3, 0.4) is 0 Å². The molecule has 0 spiro atoms.